The largest absolute Gasteiger partial charge is 0.354 e. The summed E-state index contributed by atoms with van der Waals surface area (Å²) in [6.45, 7) is 8.62. The lowest BCUT2D eigenvalue weighted by molar-refractivity contribution is 0.613. The zero-order chi connectivity index (χ0) is 13.8. The molecule has 1 atom stereocenters. The second-order valence-electron chi connectivity index (χ2n) is 5.33. The molecule has 0 radical (unpaired) electrons. The van der Waals surface area contributed by atoms with Crippen molar-refractivity contribution in [3.05, 3.63) is 22.3 Å². The van der Waals surface area contributed by atoms with Crippen LogP contribution in [0.15, 0.2) is 16.7 Å². The van der Waals surface area contributed by atoms with Crippen molar-refractivity contribution in [3.8, 4) is 0 Å². The van der Waals surface area contributed by atoms with E-state index in [-0.39, 0.29) is 0 Å². The maximum absolute atomic E-state index is 4.66. The summed E-state index contributed by atoms with van der Waals surface area (Å²) in [5.41, 5.74) is 1.29. The van der Waals surface area contributed by atoms with Gasteiger partial charge in [-0.05, 0) is 55.1 Å². The summed E-state index contributed by atoms with van der Waals surface area (Å²) in [6, 6.07) is 3.45. The zero-order valence-electron chi connectivity index (χ0n) is 12.1. The van der Waals surface area contributed by atoms with Gasteiger partial charge in [-0.15, -0.1) is 0 Å². The first-order valence-electron chi connectivity index (χ1n) is 7.30. The van der Waals surface area contributed by atoms with Crippen LogP contribution >= 0.6 is 15.9 Å². The molecule has 1 aliphatic rings. The maximum atomic E-state index is 4.66. The van der Waals surface area contributed by atoms with Gasteiger partial charge in [0, 0.05) is 41.4 Å². The Hall–Kier alpha value is -0.610. The van der Waals surface area contributed by atoms with Crippen molar-refractivity contribution in [1.29, 1.82) is 0 Å². The molecule has 0 aliphatic heterocycles. The minimum absolute atomic E-state index is 0.526. The Balaban J connectivity index is 2.20. The van der Waals surface area contributed by atoms with Crippen LogP contribution in [0.4, 0.5) is 5.82 Å². The average molecular weight is 326 g/mol. The fraction of sp³-hybridized carbons (Fsp3) is 0.667. The fourth-order valence-electron chi connectivity index (χ4n) is 2.30. The molecular weight excluding hydrogens is 302 g/mol. The fourth-order valence-corrected chi connectivity index (χ4v) is 2.67. The minimum atomic E-state index is 0.526. The Bertz CT molecular complexity index is 418. The van der Waals surface area contributed by atoms with E-state index in [0.717, 1.165) is 35.8 Å². The molecule has 0 aromatic carbocycles. The van der Waals surface area contributed by atoms with Crippen LogP contribution in [0.3, 0.4) is 0 Å². The first-order chi connectivity index (χ1) is 9.15. The van der Waals surface area contributed by atoms with Gasteiger partial charge in [-0.2, -0.15) is 0 Å². The molecule has 1 N–H and O–H groups in total. The summed E-state index contributed by atoms with van der Waals surface area (Å²) >= 11 is 3.54. The smallest absolute Gasteiger partial charge is 0.133 e. The lowest BCUT2D eigenvalue weighted by Gasteiger charge is -2.30. The van der Waals surface area contributed by atoms with E-state index in [1.807, 2.05) is 6.20 Å². The van der Waals surface area contributed by atoms with E-state index in [9.17, 15) is 0 Å². The van der Waals surface area contributed by atoms with Crippen molar-refractivity contribution in [2.45, 2.75) is 58.7 Å². The number of hydrogen-bond donors (Lipinski definition) is 1. The van der Waals surface area contributed by atoms with Gasteiger partial charge in [-0.3, -0.25) is 0 Å². The molecule has 1 heterocycles. The normalized spacial score (nSPS) is 16.4. The summed E-state index contributed by atoms with van der Waals surface area (Å²) < 4.78 is 1.06. The predicted molar refractivity (Wildman–Crippen MR) is 84.6 cm³/mol. The molecule has 1 fully saturated rings. The van der Waals surface area contributed by atoms with Crippen molar-refractivity contribution in [2.24, 2.45) is 0 Å². The maximum Gasteiger partial charge on any atom is 0.133 e. The lowest BCUT2D eigenvalue weighted by Crippen LogP contribution is -2.34. The highest BCUT2D eigenvalue weighted by Gasteiger charge is 2.22. The van der Waals surface area contributed by atoms with Gasteiger partial charge in [-0.1, -0.05) is 6.92 Å². The molecule has 19 heavy (non-hydrogen) atoms. The lowest BCUT2D eigenvalue weighted by atomic mass is 10.1. The third-order valence-corrected chi connectivity index (χ3v) is 4.24. The van der Waals surface area contributed by atoms with Crippen LogP contribution < -0.4 is 10.2 Å². The zero-order valence-corrected chi connectivity index (χ0v) is 13.7. The second kappa shape index (κ2) is 6.71. The van der Waals surface area contributed by atoms with Crippen LogP contribution in [-0.4, -0.2) is 23.6 Å². The molecule has 0 amide bonds. The second-order valence-corrected chi connectivity index (χ2v) is 6.25. The average Bonchev–Trinajstić information content (AvgIpc) is 3.23. The van der Waals surface area contributed by atoms with Crippen molar-refractivity contribution in [3.63, 3.8) is 0 Å². The molecule has 0 bridgehead atoms. The third-order valence-electron chi connectivity index (χ3n) is 3.80. The minimum Gasteiger partial charge on any atom is -0.354 e. The van der Waals surface area contributed by atoms with Crippen molar-refractivity contribution in [2.75, 3.05) is 11.4 Å². The van der Waals surface area contributed by atoms with Gasteiger partial charge in [0.15, 0.2) is 0 Å². The number of rotatable bonds is 7. The summed E-state index contributed by atoms with van der Waals surface area (Å²) in [5.74, 6) is 1.13. The quantitative estimate of drug-likeness (QED) is 0.828. The summed E-state index contributed by atoms with van der Waals surface area (Å²) in [5, 5.41) is 3.59. The number of nitrogens with zero attached hydrogens (tertiary/aromatic N) is 2. The summed E-state index contributed by atoms with van der Waals surface area (Å²) in [6.07, 6.45) is 5.68. The molecule has 106 valence electrons. The van der Waals surface area contributed by atoms with Gasteiger partial charge in [0.2, 0.25) is 0 Å². The Morgan fingerprint density at radius 3 is 2.79 bits per heavy atom. The van der Waals surface area contributed by atoms with Crippen molar-refractivity contribution >= 4 is 21.7 Å². The number of hydrogen-bond acceptors (Lipinski definition) is 3. The number of nitrogens with one attached hydrogen (secondary N) is 1. The standard InChI is InChI=1S/C15H24BrN3/c1-4-11(3)19(5-2)15-12(8-13(16)10-18-15)9-17-14-6-7-14/h8,10-11,14,17H,4-7,9H2,1-3H3. The highest BCUT2D eigenvalue weighted by atomic mass is 79.9. The molecule has 2 rings (SSSR count). The van der Waals surface area contributed by atoms with E-state index >= 15 is 0 Å². The van der Waals surface area contributed by atoms with E-state index < -0.39 is 0 Å². The topological polar surface area (TPSA) is 28.2 Å². The molecule has 0 saturated heterocycles. The van der Waals surface area contributed by atoms with E-state index in [4.69, 9.17) is 0 Å². The summed E-state index contributed by atoms with van der Waals surface area (Å²) in [4.78, 5) is 7.05. The Morgan fingerprint density at radius 1 is 1.47 bits per heavy atom. The molecule has 1 aromatic heterocycles. The number of anilines is 1. The molecule has 0 spiro atoms. The molecule has 1 saturated carbocycles. The molecule has 1 unspecified atom stereocenters. The van der Waals surface area contributed by atoms with Crippen LogP contribution in [0.2, 0.25) is 0 Å². The predicted octanol–water partition coefficient (Wildman–Crippen LogP) is 3.72. The number of halogens is 1. The van der Waals surface area contributed by atoms with E-state index in [1.54, 1.807) is 0 Å². The van der Waals surface area contributed by atoms with Gasteiger partial charge < -0.3 is 10.2 Å². The van der Waals surface area contributed by atoms with Crippen LogP contribution in [0.25, 0.3) is 0 Å². The van der Waals surface area contributed by atoms with E-state index in [2.05, 4.69) is 58.0 Å². The Labute approximate surface area is 124 Å². The SMILES string of the molecule is CCC(C)N(CC)c1ncc(Br)cc1CNC1CC1. The molecule has 4 heteroatoms. The molecule has 3 nitrogen and oxygen atoms in total. The monoisotopic (exact) mass is 325 g/mol. The molecule has 1 aromatic rings. The Morgan fingerprint density at radius 2 is 2.21 bits per heavy atom. The van der Waals surface area contributed by atoms with E-state index in [1.165, 1.54) is 18.4 Å². The van der Waals surface area contributed by atoms with Gasteiger partial charge in [0.05, 0.1) is 0 Å². The molecular formula is C15H24BrN3. The van der Waals surface area contributed by atoms with Gasteiger partial charge in [-0.25, -0.2) is 4.98 Å². The van der Waals surface area contributed by atoms with E-state index in [0.29, 0.717) is 6.04 Å². The van der Waals surface area contributed by atoms with Crippen molar-refractivity contribution < 1.29 is 0 Å². The highest BCUT2D eigenvalue weighted by molar-refractivity contribution is 9.10. The highest BCUT2D eigenvalue weighted by Crippen LogP contribution is 2.26. The van der Waals surface area contributed by atoms with Crippen LogP contribution in [0.5, 0.6) is 0 Å². The Kier molecular flexibility index (Phi) is 5.22. The first kappa shape index (κ1) is 14.8. The van der Waals surface area contributed by atoms with Crippen LogP contribution in [0, 0.1) is 0 Å². The first-order valence-corrected chi connectivity index (χ1v) is 8.09. The van der Waals surface area contributed by atoms with Crippen LogP contribution in [-0.2, 0) is 6.54 Å². The van der Waals surface area contributed by atoms with Gasteiger partial charge in [0.1, 0.15) is 5.82 Å². The van der Waals surface area contributed by atoms with Gasteiger partial charge >= 0.3 is 0 Å². The summed E-state index contributed by atoms with van der Waals surface area (Å²) in [7, 11) is 0. The van der Waals surface area contributed by atoms with Crippen molar-refractivity contribution in [1.82, 2.24) is 10.3 Å². The number of pyridine rings is 1. The molecule has 1 aliphatic carbocycles. The van der Waals surface area contributed by atoms with Gasteiger partial charge in [0.25, 0.3) is 0 Å². The van der Waals surface area contributed by atoms with Crippen LogP contribution in [0.1, 0.15) is 45.6 Å². The number of aromatic nitrogens is 1. The third kappa shape index (κ3) is 3.93.